The minimum Gasteiger partial charge on any atom is -0.374 e. The van der Waals surface area contributed by atoms with E-state index in [1.807, 2.05) is 18.2 Å². The summed E-state index contributed by atoms with van der Waals surface area (Å²) < 4.78 is 27.2. The first-order valence-electron chi connectivity index (χ1n) is 5.94. The van der Waals surface area contributed by atoms with Gasteiger partial charge in [-0.2, -0.15) is 12.7 Å². The Morgan fingerprint density at radius 3 is 2.72 bits per heavy atom. The van der Waals surface area contributed by atoms with E-state index in [0.29, 0.717) is 5.69 Å². The number of nitrogens with zero attached hydrogens (tertiary/aromatic N) is 2. The van der Waals surface area contributed by atoms with Crippen LogP contribution < -0.4 is 9.62 Å². The molecule has 1 aromatic carbocycles. The first-order chi connectivity index (χ1) is 8.40. The van der Waals surface area contributed by atoms with Crippen molar-refractivity contribution in [3.8, 4) is 0 Å². The van der Waals surface area contributed by atoms with E-state index in [-0.39, 0.29) is 0 Å². The van der Waals surface area contributed by atoms with Gasteiger partial charge in [-0.1, -0.05) is 0 Å². The Balaban J connectivity index is 2.27. The lowest BCUT2D eigenvalue weighted by molar-refractivity contribution is 0.527. The Kier molecular flexibility index (Phi) is 3.49. The largest absolute Gasteiger partial charge is 0.374 e. The van der Waals surface area contributed by atoms with Crippen LogP contribution in [-0.2, 0) is 16.6 Å². The molecule has 5 nitrogen and oxygen atoms in total. The standard InChI is InChI=1S/C12H19N3O2S/c1-14(2)18(16,17)13-11-6-7-12-10(9-11)5-4-8-15(12)3/h6-7,9,13H,4-5,8H2,1-3H3. The molecule has 0 amide bonds. The molecule has 0 atom stereocenters. The number of nitrogens with one attached hydrogen (secondary N) is 1. The monoisotopic (exact) mass is 269 g/mol. The van der Waals surface area contributed by atoms with Gasteiger partial charge in [0.25, 0.3) is 0 Å². The van der Waals surface area contributed by atoms with Crippen molar-refractivity contribution < 1.29 is 8.42 Å². The minimum absolute atomic E-state index is 0.623. The minimum atomic E-state index is -3.42. The van der Waals surface area contributed by atoms with Gasteiger partial charge in [-0.3, -0.25) is 4.72 Å². The Bertz CT molecular complexity index is 540. The molecule has 0 radical (unpaired) electrons. The molecule has 1 aromatic rings. The number of rotatable bonds is 3. The smallest absolute Gasteiger partial charge is 0.301 e. The second-order valence-electron chi connectivity index (χ2n) is 4.76. The van der Waals surface area contributed by atoms with Crippen LogP contribution in [-0.4, -0.2) is 40.4 Å². The van der Waals surface area contributed by atoms with Crippen molar-refractivity contribution in [2.75, 3.05) is 37.3 Å². The van der Waals surface area contributed by atoms with Crippen molar-refractivity contribution in [2.24, 2.45) is 0 Å². The Labute approximate surface area is 109 Å². The van der Waals surface area contributed by atoms with Crippen molar-refractivity contribution in [2.45, 2.75) is 12.8 Å². The fraction of sp³-hybridized carbons (Fsp3) is 0.500. The number of hydrogen-bond donors (Lipinski definition) is 1. The average molecular weight is 269 g/mol. The fourth-order valence-corrected chi connectivity index (χ4v) is 2.70. The lowest BCUT2D eigenvalue weighted by Crippen LogP contribution is -2.29. The van der Waals surface area contributed by atoms with Crippen LogP contribution in [0, 0.1) is 0 Å². The molecule has 0 aliphatic carbocycles. The molecular weight excluding hydrogens is 250 g/mol. The van der Waals surface area contributed by atoms with E-state index in [9.17, 15) is 8.42 Å². The van der Waals surface area contributed by atoms with Crippen molar-refractivity contribution >= 4 is 21.6 Å². The summed E-state index contributed by atoms with van der Waals surface area (Å²) in [6, 6.07) is 5.70. The van der Waals surface area contributed by atoms with Crippen molar-refractivity contribution in [3.63, 3.8) is 0 Å². The summed E-state index contributed by atoms with van der Waals surface area (Å²) in [5.41, 5.74) is 3.01. The third-order valence-electron chi connectivity index (χ3n) is 3.16. The van der Waals surface area contributed by atoms with Crippen molar-refractivity contribution in [1.82, 2.24) is 4.31 Å². The first kappa shape index (κ1) is 13.2. The molecule has 1 heterocycles. The molecule has 0 saturated heterocycles. The molecular formula is C12H19N3O2S. The molecule has 2 rings (SSSR count). The van der Waals surface area contributed by atoms with Crippen LogP contribution >= 0.6 is 0 Å². The molecule has 0 spiro atoms. The van der Waals surface area contributed by atoms with E-state index in [0.717, 1.165) is 19.4 Å². The van der Waals surface area contributed by atoms with Crippen LogP contribution in [0.15, 0.2) is 18.2 Å². The van der Waals surface area contributed by atoms with E-state index in [2.05, 4.69) is 16.7 Å². The molecule has 18 heavy (non-hydrogen) atoms. The van der Waals surface area contributed by atoms with Gasteiger partial charge in [0.2, 0.25) is 0 Å². The molecule has 0 bridgehead atoms. The van der Waals surface area contributed by atoms with Gasteiger partial charge >= 0.3 is 10.2 Å². The molecule has 0 aromatic heterocycles. The Morgan fingerprint density at radius 2 is 2.06 bits per heavy atom. The Morgan fingerprint density at radius 1 is 1.33 bits per heavy atom. The number of hydrogen-bond acceptors (Lipinski definition) is 3. The van der Waals surface area contributed by atoms with Crippen LogP contribution in [0.5, 0.6) is 0 Å². The molecule has 1 aliphatic heterocycles. The molecule has 0 unspecified atom stereocenters. The van der Waals surface area contributed by atoms with Crippen LogP contribution in [0.4, 0.5) is 11.4 Å². The molecule has 1 aliphatic rings. The molecule has 0 fully saturated rings. The van der Waals surface area contributed by atoms with E-state index < -0.39 is 10.2 Å². The molecule has 1 N–H and O–H groups in total. The molecule has 0 saturated carbocycles. The zero-order valence-electron chi connectivity index (χ0n) is 11.0. The van der Waals surface area contributed by atoms with Crippen LogP contribution in [0.1, 0.15) is 12.0 Å². The predicted molar refractivity (Wildman–Crippen MR) is 74.3 cm³/mol. The van der Waals surface area contributed by atoms with Crippen LogP contribution in [0.25, 0.3) is 0 Å². The summed E-state index contributed by atoms with van der Waals surface area (Å²) in [6.07, 6.45) is 2.10. The maximum atomic E-state index is 11.7. The van der Waals surface area contributed by atoms with Gasteiger partial charge in [0.15, 0.2) is 0 Å². The maximum absolute atomic E-state index is 11.7. The highest BCUT2D eigenvalue weighted by atomic mass is 32.2. The average Bonchev–Trinajstić information content (AvgIpc) is 2.28. The third kappa shape index (κ3) is 2.59. The summed E-state index contributed by atoms with van der Waals surface area (Å²) in [6.45, 7) is 1.05. The van der Waals surface area contributed by atoms with Gasteiger partial charge in [-0.05, 0) is 36.6 Å². The normalized spacial score (nSPS) is 15.7. The summed E-state index contributed by atoms with van der Waals surface area (Å²) >= 11 is 0. The first-order valence-corrected chi connectivity index (χ1v) is 7.38. The maximum Gasteiger partial charge on any atom is 0.301 e. The highest BCUT2D eigenvalue weighted by Crippen LogP contribution is 2.28. The van der Waals surface area contributed by atoms with Gasteiger partial charge in [-0.25, -0.2) is 0 Å². The lowest BCUT2D eigenvalue weighted by atomic mass is 10.0. The number of fused-ring (bicyclic) bond motifs is 1. The number of benzene rings is 1. The van der Waals surface area contributed by atoms with Crippen molar-refractivity contribution in [1.29, 1.82) is 0 Å². The summed E-state index contributed by atoms with van der Waals surface area (Å²) in [4.78, 5) is 2.20. The van der Waals surface area contributed by atoms with Gasteiger partial charge in [0.05, 0.1) is 5.69 Å². The van der Waals surface area contributed by atoms with Crippen LogP contribution in [0.2, 0.25) is 0 Å². The fourth-order valence-electron chi connectivity index (χ4n) is 2.09. The zero-order valence-corrected chi connectivity index (χ0v) is 11.8. The van der Waals surface area contributed by atoms with Gasteiger partial charge in [0.1, 0.15) is 0 Å². The topological polar surface area (TPSA) is 52.7 Å². The summed E-state index contributed by atoms with van der Waals surface area (Å²) in [7, 11) is 1.65. The zero-order chi connectivity index (χ0) is 13.3. The second-order valence-corrected chi connectivity index (χ2v) is 6.64. The van der Waals surface area contributed by atoms with Gasteiger partial charge in [0, 0.05) is 33.4 Å². The van der Waals surface area contributed by atoms with E-state index >= 15 is 0 Å². The van der Waals surface area contributed by atoms with Crippen LogP contribution in [0.3, 0.4) is 0 Å². The number of aryl methyl sites for hydroxylation is 1. The summed E-state index contributed by atoms with van der Waals surface area (Å²) in [5.74, 6) is 0. The highest BCUT2D eigenvalue weighted by molar-refractivity contribution is 7.90. The highest BCUT2D eigenvalue weighted by Gasteiger charge is 2.17. The SMILES string of the molecule is CN1CCCc2cc(NS(=O)(=O)N(C)C)ccc21. The molecule has 6 heteroatoms. The Hall–Kier alpha value is -1.27. The quantitative estimate of drug-likeness (QED) is 0.899. The molecule has 100 valence electrons. The van der Waals surface area contributed by atoms with Gasteiger partial charge < -0.3 is 4.90 Å². The predicted octanol–water partition coefficient (Wildman–Crippen LogP) is 1.29. The number of anilines is 2. The second kappa shape index (κ2) is 4.78. The summed E-state index contributed by atoms with van der Waals surface area (Å²) in [5, 5.41) is 0. The van der Waals surface area contributed by atoms with E-state index in [1.165, 1.54) is 29.7 Å². The third-order valence-corrected chi connectivity index (χ3v) is 4.61. The van der Waals surface area contributed by atoms with E-state index in [1.54, 1.807) is 0 Å². The van der Waals surface area contributed by atoms with Gasteiger partial charge in [-0.15, -0.1) is 0 Å². The van der Waals surface area contributed by atoms with E-state index in [4.69, 9.17) is 0 Å². The lowest BCUT2D eigenvalue weighted by Gasteiger charge is -2.28. The van der Waals surface area contributed by atoms with Crippen molar-refractivity contribution in [3.05, 3.63) is 23.8 Å².